The zero-order chi connectivity index (χ0) is 3.54. The first-order valence-electron chi connectivity index (χ1n) is 1.34. The van der Waals surface area contributed by atoms with E-state index in [-0.39, 0.29) is 9.29 Å². The SMILES string of the molecule is c1c[siH]no1. The highest BCUT2D eigenvalue weighted by molar-refractivity contribution is 6.19. The number of nitrogens with zero attached hydrogens (tertiary/aromatic N) is 1. The molecule has 0 radical (unpaired) electrons. The summed E-state index contributed by atoms with van der Waals surface area (Å²) >= 11 is 0. The molecule has 1 heterocycles. The Hall–Kier alpha value is -0.443. The van der Waals surface area contributed by atoms with E-state index in [9.17, 15) is 0 Å². The van der Waals surface area contributed by atoms with E-state index in [2.05, 4.69) is 9.33 Å². The minimum atomic E-state index is 0.148. The second kappa shape index (κ2) is 1.12. The van der Waals surface area contributed by atoms with Crippen molar-refractivity contribution in [1.82, 2.24) is 4.81 Å². The van der Waals surface area contributed by atoms with Crippen molar-refractivity contribution in [1.29, 1.82) is 0 Å². The molecule has 0 unspecified atom stereocenters. The first kappa shape index (κ1) is 2.78. The summed E-state index contributed by atoms with van der Waals surface area (Å²) in [4.78, 5) is 3.56. The highest BCUT2D eigenvalue weighted by Gasteiger charge is 1.61. The van der Waals surface area contributed by atoms with Gasteiger partial charge in [0.15, 0.2) is 9.29 Å². The van der Waals surface area contributed by atoms with Crippen LogP contribution in [0.15, 0.2) is 16.5 Å². The molecular formula is C2H3NOSi. The van der Waals surface area contributed by atoms with Crippen molar-refractivity contribution in [3.8, 4) is 0 Å². The van der Waals surface area contributed by atoms with Crippen LogP contribution in [0.2, 0.25) is 0 Å². The van der Waals surface area contributed by atoms with Gasteiger partial charge in [-0.3, -0.25) is 0 Å². The summed E-state index contributed by atoms with van der Waals surface area (Å²) < 4.78 is 4.43. The van der Waals surface area contributed by atoms with E-state index in [1.54, 1.807) is 6.26 Å². The van der Waals surface area contributed by atoms with Crippen molar-refractivity contribution in [2.24, 2.45) is 0 Å². The van der Waals surface area contributed by atoms with E-state index in [4.69, 9.17) is 0 Å². The molecule has 0 aliphatic heterocycles. The van der Waals surface area contributed by atoms with Crippen LogP contribution >= 0.6 is 0 Å². The van der Waals surface area contributed by atoms with E-state index < -0.39 is 0 Å². The van der Waals surface area contributed by atoms with Crippen molar-refractivity contribution in [3.63, 3.8) is 0 Å². The smallest absolute Gasteiger partial charge is 0.195 e. The fourth-order valence-electron chi connectivity index (χ4n) is 0.176. The molecule has 0 saturated heterocycles. The molecular weight excluding hydrogens is 82.1 g/mol. The molecule has 0 N–H and O–H groups in total. The summed E-state index contributed by atoms with van der Waals surface area (Å²) in [6.45, 7) is 0. The lowest BCUT2D eigenvalue weighted by molar-refractivity contribution is 0.435. The summed E-state index contributed by atoms with van der Waals surface area (Å²) in [7, 11) is 0.148. The Morgan fingerprint density at radius 2 is 2.80 bits per heavy atom. The molecule has 5 heavy (non-hydrogen) atoms. The molecule has 0 aromatic carbocycles. The maximum absolute atomic E-state index is 4.43. The summed E-state index contributed by atoms with van der Waals surface area (Å²) in [6, 6.07) is 0. The maximum atomic E-state index is 4.43. The van der Waals surface area contributed by atoms with Crippen molar-refractivity contribution >= 4 is 9.29 Å². The molecule has 26 valence electrons. The van der Waals surface area contributed by atoms with Crippen LogP contribution in [-0.4, -0.2) is 14.1 Å². The molecule has 0 aliphatic carbocycles. The number of hydrogen-bond donors (Lipinski definition) is 0. The fourth-order valence-corrected chi connectivity index (χ4v) is 0.527. The highest BCUT2D eigenvalue weighted by atomic mass is 28.2. The van der Waals surface area contributed by atoms with Gasteiger partial charge in [0.1, 0.15) is 6.26 Å². The van der Waals surface area contributed by atoms with Crippen molar-refractivity contribution in [2.75, 3.05) is 0 Å². The number of aromatic nitrogens is 1. The lowest BCUT2D eigenvalue weighted by Crippen LogP contribution is -1.56. The average molecular weight is 85.1 g/mol. The van der Waals surface area contributed by atoms with E-state index in [1.807, 2.05) is 5.68 Å². The summed E-state index contributed by atoms with van der Waals surface area (Å²) in [6.07, 6.45) is 1.61. The second-order valence-electron chi connectivity index (χ2n) is 0.688. The largest absolute Gasteiger partial charge is 0.376 e. The third-order valence-corrected chi connectivity index (χ3v) is 0.920. The van der Waals surface area contributed by atoms with Crippen LogP contribution in [0.1, 0.15) is 0 Å². The van der Waals surface area contributed by atoms with Crippen LogP contribution in [0.5, 0.6) is 0 Å². The van der Waals surface area contributed by atoms with Gasteiger partial charge in [0.25, 0.3) is 0 Å². The Bertz CT molecular complexity index is 66.1. The predicted molar refractivity (Wildman–Crippen MR) is 19.2 cm³/mol. The van der Waals surface area contributed by atoms with Crippen molar-refractivity contribution in [3.05, 3.63) is 11.9 Å². The van der Waals surface area contributed by atoms with Crippen molar-refractivity contribution < 1.29 is 4.52 Å². The first-order chi connectivity index (χ1) is 2.50. The van der Waals surface area contributed by atoms with E-state index in [0.717, 1.165) is 0 Å². The summed E-state index contributed by atoms with van der Waals surface area (Å²) in [5, 5.41) is 0. The van der Waals surface area contributed by atoms with E-state index in [1.165, 1.54) is 0 Å². The Morgan fingerprint density at radius 3 is 3.00 bits per heavy atom. The van der Waals surface area contributed by atoms with E-state index >= 15 is 0 Å². The van der Waals surface area contributed by atoms with Crippen LogP contribution < -0.4 is 0 Å². The summed E-state index contributed by atoms with van der Waals surface area (Å²) in [5.41, 5.74) is 1.93. The molecule has 1 rings (SSSR count). The molecule has 3 heteroatoms. The Morgan fingerprint density at radius 1 is 1.80 bits per heavy atom. The standard InChI is InChI=1S/C2H3NOSi/c1-2-5-3-4-1/h1-2,5H. The van der Waals surface area contributed by atoms with Gasteiger partial charge in [0.2, 0.25) is 0 Å². The zero-order valence-corrected chi connectivity index (χ0v) is 3.74. The highest BCUT2D eigenvalue weighted by Crippen LogP contribution is 1.63. The molecule has 0 atom stereocenters. The van der Waals surface area contributed by atoms with Crippen LogP contribution in [0, 0.1) is 0 Å². The zero-order valence-electron chi connectivity index (χ0n) is 2.59. The normalized spacial score (nSPS) is 8.00. The van der Waals surface area contributed by atoms with Gasteiger partial charge in [-0.25, -0.2) is 0 Å². The number of hydrogen-bond acceptors (Lipinski definition) is 2. The third kappa shape index (κ3) is 0.415. The fraction of sp³-hybridized carbons (Fsp3) is 0. The third-order valence-electron chi connectivity index (χ3n) is 0.347. The van der Waals surface area contributed by atoms with Crippen LogP contribution in [0.3, 0.4) is 0 Å². The monoisotopic (exact) mass is 85.0 g/mol. The minimum absolute atomic E-state index is 0.148. The van der Waals surface area contributed by atoms with Gasteiger partial charge in [-0.15, -0.1) is 4.81 Å². The molecule has 0 spiro atoms. The maximum Gasteiger partial charge on any atom is 0.195 e. The van der Waals surface area contributed by atoms with Gasteiger partial charge in [0, 0.05) is 0 Å². The molecule has 1 aromatic rings. The average Bonchev–Trinajstić information content (AvgIpc) is 1.76. The van der Waals surface area contributed by atoms with Gasteiger partial charge in [-0.2, -0.15) is 0 Å². The Balaban J connectivity index is 3.13. The first-order valence-corrected chi connectivity index (χ1v) is 2.53. The second-order valence-corrected chi connectivity index (χ2v) is 1.58. The van der Waals surface area contributed by atoms with Crippen LogP contribution in [-0.2, 0) is 0 Å². The van der Waals surface area contributed by atoms with E-state index in [0.29, 0.717) is 0 Å². The molecule has 0 fully saturated rings. The van der Waals surface area contributed by atoms with Crippen molar-refractivity contribution in [2.45, 2.75) is 0 Å². The molecule has 0 bridgehead atoms. The molecule has 0 aliphatic rings. The molecule has 1 aromatic heterocycles. The van der Waals surface area contributed by atoms with Gasteiger partial charge in [0.05, 0.1) is 0 Å². The van der Waals surface area contributed by atoms with Gasteiger partial charge in [-0.1, -0.05) is 0 Å². The lowest BCUT2D eigenvalue weighted by atomic mass is 11.1. The van der Waals surface area contributed by atoms with Gasteiger partial charge < -0.3 is 4.52 Å². The number of rotatable bonds is 0. The predicted octanol–water partition coefficient (Wildman–Crippen LogP) is -0.255. The van der Waals surface area contributed by atoms with Gasteiger partial charge in [-0.05, 0) is 5.68 Å². The van der Waals surface area contributed by atoms with Gasteiger partial charge >= 0.3 is 0 Å². The topological polar surface area (TPSA) is 26.0 Å². The van der Waals surface area contributed by atoms with Crippen LogP contribution in [0.4, 0.5) is 0 Å². The summed E-state index contributed by atoms with van der Waals surface area (Å²) in [5.74, 6) is 0. The minimum Gasteiger partial charge on any atom is -0.376 e. The molecule has 0 amide bonds. The lowest BCUT2D eigenvalue weighted by Gasteiger charge is -1.50. The quantitative estimate of drug-likeness (QED) is 0.406. The molecule has 0 saturated carbocycles. The Labute approximate surface area is 31.6 Å². The Kier molecular flexibility index (Phi) is 0.622. The molecule has 2 nitrogen and oxygen atoms in total. The van der Waals surface area contributed by atoms with Crippen LogP contribution in [0.25, 0.3) is 0 Å².